The Morgan fingerprint density at radius 1 is 1.25 bits per heavy atom. The highest BCUT2D eigenvalue weighted by atomic mass is 19.4. The molecule has 2 saturated heterocycles. The highest BCUT2D eigenvalue weighted by Crippen LogP contribution is 2.55. The maximum Gasteiger partial charge on any atom is 0.416 e. The van der Waals surface area contributed by atoms with E-state index >= 15 is 0 Å². The lowest BCUT2D eigenvalue weighted by Crippen LogP contribution is -2.42. The zero-order valence-corrected chi connectivity index (χ0v) is 18.2. The molecule has 1 aromatic rings. The number of rotatable bonds is 2. The highest BCUT2D eigenvalue weighted by Gasteiger charge is 2.62. The number of benzene rings is 1. The van der Waals surface area contributed by atoms with Gasteiger partial charge < -0.3 is 14.5 Å². The molecule has 5 nitrogen and oxygen atoms in total. The molecule has 3 heterocycles. The number of ether oxygens (including phenoxy) is 1. The minimum absolute atomic E-state index is 0.0217. The Morgan fingerprint density at radius 2 is 2.00 bits per heavy atom. The Hall–Kier alpha value is -2.27. The lowest BCUT2D eigenvalue weighted by atomic mass is 9.76. The van der Waals surface area contributed by atoms with E-state index in [-0.39, 0.29) is 18.4 Å². The molecule has 2 unspecified atom stereocenters. The van der Waals surface area contributed by atoms with Crippen molar-refractivity contribution in [1.29, 1.82) is 5.26 Å². The van der Waals surface area contributed by atoms with E-state index in [2.05, 4.69) is 17.9 Å². The molecule has 172 valence electrons. The van der Waals surface area contributed by atoms with E-state index in [1.165, 1.54) is 6.07 Å². The number of likely N-dealkylation sites (tertiary alicyclic amines) is 1. The first-order valence-corrected chi connectivity index (χ1v) is 11.5. The number of amides is 1. The maximum absolute atomic E-state index is 13.6. The van der Waals surface area contributed by atoms with Gasteiger partial charge in [-0.25, -0.2) is 0 Å². The number of nitrogens with zero attached hydrogens (tertiary/aromatic N) is 3. The number of fused-ring (bicyclic) bond motifs is 2. The summed E-state index contributed by atoms with van der Waals surface area (Å²) < 4.78 is 45.6. The minimum atomic E-state index is -4.42. The molecule has 0 aromatic heterocycles. The average Bonchev–Trinajstić information content (AvgIpc) is 3.30. The number of halogens is 3. The summed E-state index contributed by atoms with van der Waals surface area (Å²) in [4.78, 5) is 17.7. The Kier molecular flexibility index (Phi) is 5.16. The van der Waals surface area contributed by atoms with Gasteiger partial charge in [-0.2, -0.15) is 18.4 Å². The summed E-state index contributed by atoms with van der Waals surface area (Å²) in [5, 5.41) is 8.94. The Labute approximate surface area is 186 Å². The Balaban J connectivity index is 1.32. The molecule has 5 rings (SSSR count). The van der Waals surface area contributed by atoms with Crippen LogP contribution in [0, 0.1) is 28.6 Å². The number of alkyl halides is 3. The molecule has 1 amide bonds. The summed E-state index contributed by atoms with van der Waals surface area (Å²) in [5.41, 5.74) is -0.801. The molecule has 3 aliphatic heterocycles. The summed E-state index contributed by atoms with van der Waals surface area (Å²) >= 11 is 0. The third kappa shape index (κ3) is 3.37. The van der Waals surface area contributed by atoms with Crippen molar-refractivity contribution < 1.29 is 22.7 Å². The molecular formula is C24H28F3N3O2. The maximum atomic E-state index is 13.6. The number of carbonyl (C=O) groups excluding carboxylic acids is 1. The SMILES string of the molecule is CC1C2Oc3ccc(C(F)(F)F)cc3CN2C(=O)[C@]12CC[C@@H](N1CCC(CC#N)CC1)C2. The van der Waals surface area contributed by atoms with Crippen LogP contribution in [-0.4, -0.2) is 41.1 Å². The van der Waals surface area contributed by atoms with Gasteiger partial charge in [0, 0.05) is 23.9 Å². The van der Waals surface area contributed by atoms with Crippen LogP contribution in [0.15, 0.2) is 18.2 Å². The summed E-state index contributed by atoms with van der Waals surface area (Å²) in [5.74, 6) is 0.928. The van der Waals surface area contributed by atoms with Gasteiger partial charge in [0.05, 0.1) is 23.6 Å². The first-order valence-electron chi connectivity index (χ1n) is 11.5. The van der Waals surface area contributed by atoms with E-state index in [0.29, 0.717) is 29.7 Å². The molecule has 8 heteroatoms. The highest BCUT2D eigenvalue weighted by molar-refractivity contribution is 5.86. The number of nitriles is 1. The normalized spacial score (nSPS) is 33.2. The number of piperidine rings is 1. The first-order chi connectivity index (χ1) is 15.2. The smallest absolute Gasteiger partial charge is 0.416 e. The molecular weight excluding hydrogens is 419 g/mol. The van der Waals surface area contributed by atoms with E-state index in [0.717, 1.165) is 57.3 Å². The molecule has 0 radical (unpaired) electrons. The second-order valence-corrected chi connectivity index (χ2v) is 9.94. The third-order valence-corrected chi connectivity index (χ3v) is 8.34. The van der Waals surface area contributed by atoms with Gasteiger partial charge in [0.2, 0.25) is 5.91 Å². The molecule has 1 saturated carbocycles. The predicted octanol–water partition coefficient (Wildman–Crippen LogP) is 4.57. The number of carbonyl (C=O) groups is 1. The van der Waals surface area contributed by atoms with Gasteiger partial charge in [-0.15, -0.1) is 0 Å². The molecule has 1 aliphatic carbocycles. The van der Waals surface area contributed by atoms with E-state index in [1.54, 1.807) is 4.90 Å². The quantitative estimate of drug-likeness (QED) is 0.667. The fourth-order valence-corrected chi connectivity index (χ4v) is 6.39. The van der Waals surface area contributed by atoms with Crippen LogP contribution in [0.3, 0.4) is 0 Å². The number of hydrogen-bond donors (Lipinski definition) is 0. The molecule has 4 atom stereocenters. The molecule has 0 bridgehead atoms. The van der Waals surface area contributed by atoms with Crippen molar-refractivity contribution in [3.05, 3.63) is 29.3 Å². The monoisotopic (exact) mass is 447 g/mol. The molecule has 1 spiro atoms. The lowest BCUT2D eigenvalue weighted by Gasteiger charge is -2.36. The van der Waals surface area contributed by atoms with Gasteiger partial charge >= 0.3 is 6.18 Å². The van der Waals surface area contributed by atoms with Crippen LogP contribution in [0.25, 0.3) is 0 Å². The molecule has 3 fully saturated rings. The Bertz CT molecular complexity index is 951. The van der Waals surface area contributed by atoms with Crippen molar-refractivity contribution in [2.24, 2.45) is 17.3 Å². The van der Waals surface area contributed by atoms with Crippen LogP contribution in [0.2, 0.25) is 0 Å². The summed E-state index contributed by atoms with van der Waals surface area (Å²) in [6.45, 7) is 4.15. The predicted molar refractivity (Wildman–Crippen MR) is 110 cm³/mol. The zero-order chi connectivity index (χ0) is 22.7. The van der Waals surface area contributed by atoms with E-state index in [1.807, 2.05) is 0 Å². The fraction of sp³-hybridized carbons (Fsp3) is 0.667. The van der Waals surface area contributed by atoms with Crippen molar-refractivity contribution >= 4 is 5.91 Å². The van der Waals surface area contributed by atoms with Gasteiger partial charge in [0.25, 0.3) is 0 Å². The fourth-order valence-electron chi connectivity index (χ4n) is 6.39. The van der Waals surface area contributed by atoms with Crippen LogP contribution in [0.4, 0.5) is 13.2 Å². The van der Waals surface area contributed by atoms with Crippen LogP contribution in [-0.2, 0) is 17.5 Å². The van der Waals surface area contributed by atoms with Crippen LogP contribution in [0.5, 0.6) is 5.75 Å². The van der Waals surface area contributed by atoms with Crippen molar-refractivity contribution in [2.45, 2.75) is 70.4 Å². The Morgan fingerprint density at radius 3 is 2.69 bits per heavy atom. The summed E-state index contributed by atoms with van der Waals surface area (Å²) in [6, 6.07) is 6.16. The van der Waals surface area contributed by atoms with Crippen molar-refractivity contribution in [1.82, 2.24) is 9.80 Å². The summed E-state index contributed by atoms with van der Waals surface area (Å²) in [7, 11) is 0. The van der Waals surface area contributed by atoms with Gasteiger partial charge in [-0.1, -0.05) is 6.92 Å². The third-order valence-electron chi connectivity index (χ3n) is 8.34. The average molecular weight is 448 g/mol. The topological polar surface area (TPSA) is 56.6 Å². The summed E-state index contributed by atoms with van der Waals surface area (Å²) in [6.07, 6.45) is 0.325. The van der Waals surface area contributed by atoms with Gasteiger partial charge in [-0.05, 0) is 69.3 Å². The van der Waals surface area contributed by atoms with E-state index in [9.17, 15) is 18.0 Å². The largest absolute Gasteiger partial charge is 0.470 e. The molecule has 4 aliphatic rings. The number of hydrogen-bond acceptors (Lipinski definition) is 4. The van der Waals surface area contributed by atoms with Gasteiger partial charge in [-0.3, -0.25) is 4.79 Å². The minimum Gasteiger partial charge on any atom is -0.470 e. The molecule has 0 N–H and O–H groups in total. The second kappa shape index (κ2) is 7.65. The van der Waals surface area contributed by atoms with Gasteiger partial charge in [0.1, 0.15) is 5.75 Å². The zero-order valence-electron chi connectivity index (χ0n) is 18.2. The van der Waals surface area contributed by atoms with Crippen LogP contribution < -0.4 is 4.74 Å². The molecule has 32 heavy (non-hydrogen) atoms. The van der Waals surface area contributed by atoms with Crippen molar-refractivity contribution in [3.8, 4) is 11.8 Å². The van der Waals surface area contributed by atoms with E-state index < -0.39 is 23.4 Å². The van der Waals surface area contributed by atoms with Gasteiger partial charge in [0.15, 0.2) is 6.23 Å². The van der Waals surface area contributed by atoms with E-state index in [4.69, 9.17) is 10.00 Å². The standard InChI is InChI=1S/C24H28F3N3O2/c1-15-21-30(14-17-12-18(24(25,26)27)2-3-20(17)32-21)22(31)23(15)8-4-19(13-23)29-10-6-16(5-9-28)7-11-29/h2-3,12,15-16,19,21H,4-8,10-11,13-14H2,1H3/t15?,19-,21?,23+/m1/s1. The van der Waals surface area contributed by atoms with Crippen LogP contribution >= 0.6 is 0 Å². The van der Waals surface area contributed by atoms with Crippen LogP contribution in [0.1, 0.15) is 56.6 Å². The van der Waals surface area contributed by atoms with Crippen molar-refractivity contribution in [2.75, 3.05) is 13.1 Å². The first kappa shape index (κ1) is 21.6. The molecule has 1 aromatic carbocycles. The second-order valence-electron chi connectivity index (χ2n) is 9.94. The lowest BCUT2D eigenvalue weighted by molar-refractivity contribution is -0.140. The van der Waals surface area contributed by atoms with Crippen molar-refractivity contribution in [3.63, 3.8) is 0 Å².